The Hall–Kier alpha value is -4.62. The molecule has 244 valence electrons. The molecule has 0 heterocycles. The van der Waals surface area contributed by atoms with Gasteiger partial charge in [-0.2, -0.15) is 0 Å². The third kappa shape index (κ3) is 6.08. The van der Waals surface area contributed by atoms with E-state index in [0.717, 1.165) is 31.3 Å². The van der Waals surface area contributed by atoms with E-state index in [-0.39, 0.29) is 5.41 Å². The molecule has 0 amide bonds. The lowest BCUT2D eigenvalue weighted by Crippen LogP contribution is -2.20. The van der Waals surface area contributed by atoms with Gasteiger partial charge in [-0.15, -0.1) is 0 Å². The summed E-state index contributed by atoms with van der Waals surface area (Å²) in [5, 5.41) is 3.70. The number of nitrogens with one attached hydrogen (secondary N) is 1. The highest BCUT2D eigenvalue weighted by Gasteiger charge is 2.42. The first kappa shape index (κ1) is 33.3. The summed E-state index contributed by atoms with van der Waals surface area (Å²) >= 11 is 0. The normalized spacial score (nSPS) is 21.2. The zero-order chi connectivity index (χ0) is 34.0. The van der Waals surface area contributed by atoms with Gasteiger partial charge < -0.3 is 5.32 Å². The zero-order valence-electron chi connectivity index (χ0n) is 29.8. The summed E-state index contributed by atoms with van der Waals surface area (Å²) in [5.41, 5.74) is 18.9. The molecule has 3 unspecified atom stereocenters. The fourth-order valence-corrected chi connectivity index (χ4v) is 7.95. The topological polar surface area (TPSA) is 12.0 Å². The average Bonchev–Trinajstić information content (AvgIpc) is 3.61. The molecule has 48 heavy (non-hydrogen) atoms. The molecule has 0 radical (unpaired) electrons. The summed E-state index contributed by atoms with van der Waals surface area (Å²) in [7, 11) is 2.09. The Bertz CT molecular complexity index is 1940. The minimum Gasteiger partial charge on any atom is -0.387 e. The van der Waals surface area contributed by atoms with Crippen molar-refractivity contribution in [3.8, 4) is 11.1 Å². The lowest BCUT2D eigenvalue weighted by atomic mass is 9.75. The molecule has 0 bridgehead atoms. The predicted molar refractivity (Wildman–Crippen MR) is 211 cm³/mol. The highest BCUT2D eigenvalue weighted by Crippen LogP contribution is 2.55. The standard InChI is InChI=1S/C47H51N/c1-9-12-13-15-20-37-29-40(39-28-33(39)6)41(27-31(4)21-23-34(10-2)35-18-16-14-17-19-35)45(46(37)48-8)36-24-25-38-43(30-36)47(7,11-3)42-26-22-32(5)44(38)42/h9-10,12-14,16-19,21-26,28-30,32-33,48H,1,4,11,15,20,27H2,2-3,5-8H3/b13-12-,23-21-,34-10+. The smallest absolute Gasteiger partial charge is 0.0453 e. The zero-order valence-corrected chi connectivity index (χ0v) is 29.8. The maximum absolute atomic E-state index is 4.63. The maximum atomic E-state index is 4.63. The van der Waals surface area contributed by atoms with Gasteiger partial charge in [-0.25, -0.2) is 0 Å². The molecule has 0 saturated heterocycles. The van der Waals surface area contributed by atoms with Crippen LogP contribution < -0.4 is 5.32 Å². The molecule has 0 fully saturated rings. The number of anilines is 1. The van der Waals surface area contributed by atoms with E-state index in [0.29, 0.717) is 11.8 Å². The van der Waals surface area contributed by atoms with Crippen molar-refractivity contribution in [1.29, 1.82) is 0 Å². The molecular weight excluding hydrogens is 579 g/mol. The second-order valence-corrected chi connectivity index (χ2v) is 13.9. The molecule has 3 atom stereocenters. The quantitative estimate of drug-likeness (QED) is 0.186. The summed E-state index contributed by atoms with van der Waals surface area (Å²) in [6.45, 7) is 20.1. The molecule has 3 aliphatic carbocycles. The van der Waals surface area contributed by atoms with Crippen LogP contribution in [0.4, 0.5) is 5.69 Å². The van der Waals surface area contributed by atoms with Gasteiger partial charge in [-0.3, -0.25) is 0 Å². The van der Waals surface area contributed by atoms with Gasteiger partial charge >= 0.3 is 0 Å². The SMILES string of the molecule is C=C/C=C\CCc1cc(C2=CC2C)c(CC(=C)/C=C\C(=C/C)c2ccccc2)c(-c2ccc3c(c2)C(C)(CC)C2=C3C(C)C=C2)c1NC. The second-order valence-electron chi connectivity index (χ2n) is 13.9. The Morgan fingerprint density at radius 1 is 1.00 bits per heavy atom. The lowest BCUT2D eigenvalue weighted by Gasteiger charge is -2.28. The summed E-state index contributed by atoms with van der Waals surface area (Å²) in [5.74, 6) is 0.947. The van der Waals surface area contributed by atoms with Crippen molar-refractivity contribution in [1.82, 2.24) is 0 Å². The molecule has 3 aromatic carbocycles. The summed E-state index contributed by atoms with van der Waals surface area (Å²) in [6.07, 6.45) is 23.7. The van der Waals surface area contributed by atoms with Crippen LogP contribution in [0.1, 0.15) is 80.8 Å². The second kappa shape index (κ2) is 13.9. The molecule has 3 aliphatic rings. The van der Waals surface area contributed by atoms with Crippen LogP contribution in [0.2, 0.25) is 0 Å². The number of benzene rings is 3. The van der Waals surface area contributed by atoms with Crippen molar-refractivity contribution in [3.05, 3.63) is 167 Å². The third-order valence-corrected chi connectivity index (χ3v) is 10.9. The van der Waals surface area contributed by atoms with E-state index in [9.17, 15) is 0 Å². The van der Waals surface area contributed by atoms with Gasteiger partial charge in [0.2, 0.25) is 0 Å². The van der Waals surface area contributed by atoms with Crippen LogP contribution in [0.3, 0.4) is 0 Å². The summed E-state index contributed by atoms with van der Waals surface area (Å²) in [4.78, 5) is 0. The van der Waals surface area contributed by atoms with Gasteiger partial charge in [0.05, 0.1) is 0 Å². The van der Waals surface area contributed by atoms with Crippen LogP contribution in [0.5, 0.6) is 0 Å². The Morgan fingerprint density at radius 3 is 2.44 bits per heavy atom. The number of fused-ring (bicyclic) bond motifs is 2. The van der Waals surface area contributed by atoms with E-state index < -0.39 is 0 Å². The molecule has 1 nitrogen and oxygen atoms in total. The van der Waals surface area contributed by atoms with Gasteiger partial charge in [-0.1, -0.05) is 144 Å². The van der Waals surface area contributed by atoms with Gasteiger partial charge in [0.25, 0.3) is 0 Å². The molecule has 1 heteroatoms. The van der Waals surface area contributed by atoms with Gasteiger partial charge in [0.15, 0.2) is 0 Å². The number of aryl methyl sites for hydroxylation is 1. The Kier molecular flexibility index (Phi) is 9.61. The van der Waals surface area contributed by atoms with Gasteiger partial charge in [0.1, 0.15) is 0 Å². The number of hydrogen-bond donors (Lipinski definition) is 1. The van der Waals surface area contributed by atoms with Crippen molar-refractivity contribution < 1.29 is 0 Å². The van der Waals surface area contributed by atoms with E-state index in [1.54, 1.807) is 0 Å². The molecule has 0 aliphatic heterocycles. The van der Waals surface area contributed by atoms with E-state index in [2.05, 4.69) is 163 Å². The third-order valence-electron chi connectivity index (χ3n) is 10.9. The van der Waals surface area contributed by atoms with E-state index >= 15 is 0 Å². The molecular formula is C47H51N. The largest absolute Gasteiger partial charge is 0.387 e. The minimum atomic E-state index is 0.0119. The average molecular weight is 630 g/mol. The van der Waals surface area contributed by atoms with Gasteiger partial charge in [-0.05, 0) is 112 Å². The molecule has 0 aromatic heterocycles. The maximum Gasteiger partial charge on any atom is 0.0453 e. The van der Waals surface area contributed by atoms with Crippen molar-refractivity contribution >= 4 is 22.4 Å². The first-order valence-corrected chi connectivity index (χ1v) is 17.8. The number of allylic oxidation sites excluding steroid dienone is 14. The van der Waals surface area contributed by atoms with Crippen molar-refractivity contribution in [2.45, 2.75) is 65.7 Å². The fourth-order valence-electron chi connectivity index (χ4n) is 7.95. The van der Waals surface area contributed by atoms with Crippen LogP contribution >= 0.6 is 0 Å². The fraction of sp³-hybridized carbons (Fsp3) is 0.277. The molecule has 6 rings (SSSR count). The van der Waals surface area contributed by atoms with Crippen molar-refractivity contribution in [2.24, 2.45) is 11.8 Å². The Labute approximate surface area is 289 Å². The van der Waals surface area contributed by atoms with E-state index in [1.807, 2.05) is 6.08 Å². The van der Waals surface area contributed by atoms with Crippen LogP contribution in [0.15, 0.2) is 134 Å². The summed E-state index contributed by atoms with van der Waals surface area (Å²) in [6, 6.07) is 20.4. The lowest BCUT2D eigenvalue weighted by molar-refractivity contribution is 0.560. The van der Waals surface area contributed by atoms with Crippen LogP contribution in [-0.2, 0) is 18.3 Å². The van der Waals surface area contributed by atoms with Crippen LogP contribution in [-0.4, -0.2) is 7.05 Å². The molecule has 3 aromatic rings. The van der Waals surface area contributed by atoms with Crippen LogP contribution in [0.25, 0.3) is 27.8 Å². The van der Waals surface area contributed by atoms with E-state index in [4.69, 9.17) is 0 Å². The molecule has 0 saturated carbocycles. The van der Waals surface area contributed by atoms with Crippen molar-refractivity contribution in [3.63, 3.8) is 0 Å². The van der Waals surface area contributed by atoms with Crippen LogP contribution in [0, 0.1) is 11.8 Å². The molecule has 1 N–H and O–H groups in total. The first-order valence-electron chi connectivity index (χ1n) is 17.8. The summed E-state index contributed by atoms with van der Waals surface area (Å²) < 4.78 is 0. The number of rotatable bonds is 13. The van der Waals surface area contributed by atoms with E-state index in [1.165, 1.54) is 72.5 Å². The highest BCUT2D eigenvalue weighted by atomic mass is 14.8. The predicted octanol–water partition coefficient (Wildman–Crippen LogP) is 12.5. The monoisotopic (exact) mass is 629 g/mol. The Balaban J connectivity index is 1.50. The first-order chi connectivity index (χ1) is 23.2. The molecule has 0 spiro atoms. The minimum absolute atomic E-state index is 0.0119. The van der Waals surface area contributed by atoms with Gasteiger partial charge in [0, 0.05) is 29.6 Å². The Morgan fingerprint density at radius 2 is 1.77 bits per heavy atom. The van der Waals surface area contributed by atoms with Crippen molar-refractivity contribution in [2.75, 3.05) is 12.4 Å². The number of hydrogen-bond acceptors (Lipinski definition) is 1. The highest BCUT2D eigenvalue weighted by molar-refractivity contribution is 5.94.